The highest BCUT2D eigenvalue weighted by molar-refractivity contribution is 6.08. The largest absolute Gasteiger partial charge is 0.431 e. The number of nitrogens with zero attached hydrogens (tertiary/aromatic N) is 2. The second kappa shape index (κ2) is 6.86. The molecule has 0 aliphatic rings. The normalized spacial score (nSPS) is 9.26. The zero-order valence-electron chi connectivity index (χ0n) is 10.1. The molecule has 3 aromatic rings. The van der Waals surface area contributed by atoms with Crippen LogP contribution in [0.3, 0.4) is 0 Å². The van der Waals surface area contributed by atoms with E-state index in [0.717, 1.165) is 11.1 Å². The molecule has 2 aromatic carbocycles. The average Bonchev–Trinajstić information content (AvgIpc) is 3.08. The van der Waals surface area contributed by atoms with Crippen molar-refractivity contribution in [3.8, 4) is 0 Å². The van der Waals surface area contributed by atoms with E-state index in [1.165, 1.54) is 12.8 Å². The number of hydrogen-bond donors (Lipinski definition) is 0. The van der Waals surface area contributed by atoms with Crippen molar-refractivity contribution in [3.05, 3.63) is 84.6 Å². The van der Waals surface area contributed by atoms with Crippen molar-refractivity contribution in [1.82, 2.24) is 10.2 Å². The number of rotatable bonds is 2. The molecule has 0 bridgehead atoms. The Hall–Kier alpha value is -2.75. The molecular weight excluding hydrogens is 240 g/mol. The van der Waals surface area contributed by atoms with E-state index in [2.05, 4.69) is 14.6 Å². The molecule has 1 aromatic heterocycles. The highest BCUT2D eigenvalue weighted by Gasteiger charge is 2.06. The Morgan fingerprint density at radius 3 is 1.47 bits per heavy atom. The van der Waals surface area contributed by atoms with Crippen LogP contribution in [0.15, 0.2) is 77.9 Å². The van der Waals surface area contributed by atoms with E-state index in [4.69, 9.17) is 0 Å². The highest BCUT2D eigenvalue weighted by Crippen LogP contribution is 2.08. The van der Waals surface area contributed by atoms with Gasteiger partial charge >= 0.3 is 0 Å². The van der Waals surface area contributed by atoms with Gasteiger partial charge in [-0.3, -0.25) is 4.79 Å². The lowest BCUT2D eigenvalue weighted by Gasteiger charge is -1.99. The van der Waals surface area contributed by atoms with Crippen molar-refractivity contribution in [2.24, 2.45) is 0 Å². The predicted octanol–water partition coefficient (Wildman–Crippen LogP) is 2.99. The van der Waals surface area contributed by atoms with Crippen molar-refractivity contribution in [1.29, 1.82) is 0 Å². The topological polar surface area (TPSA) is 56.0 Å². The zero-order valence-corrected chi connectivity index (χ0v) is 10.1. The van der Waals surface area contributed by atoms with Crippen LogP contribution in [0.1, 0.15) is 15.9 Å². The minimum Gasteiger partial charge on any atom is -0.431 e. The first-order chi connectivity index (χ1) is 9.38. The third-order valence-corrected chi connectivity index (χ3v) is 2.35. The van der Waals surface area contributed by atoms with Crippen molar-refractivity contribution >= 4 is 5.78 Å². The quantitative estimate of drug-likeness (QED) is 0.658. The zero-order chi connectivity index (χ0) is 13.3. The van der Waals surface area contributed by atoms with Crippen LogP contribution in [-0.4, -0.2) is 16.0 Å². The Morgan fingerprint density at radius 2 is 1.16 bits per heavy atom. The maximum Gasteiger partial charge on any atom is 0.203 e. The minimum atomic E-state index is 0.0752. The molecule has 0 N–H and O–H groups in total. The fourth-order valence-electron chi connectivity index (χ4n) is 1.48. The Morgan fingerprint density at radius 1 is 0.737 bits per heavy atom. The van der Waals surface area contributed by atoms with Gasteiger partial charge in [-0.1, -0.05) is 60.7 Å². The highest BCUT2D eigenvalue weighted by atomic mass is 16.3. The molecule has 0 radical (unpaired) electrons. The number of ketones is 1. The molecule has 0 saturated carbocycles. The van der Waals surface area contributed by atoms with E-state index in [1.54, 1.807) is 0 Å². The third-order valence-electron chi connectivity index (χ3n) is 2.35. The first-order valence-corrected chi connectivity index (χ1v) is 5.71. The Labute approximate surface area is 110 Å². The van der Waals surface area contributed by atoms with Gasteiger partial charge in [-0.2, -0.15) is 0 Å². The summed E-state index contributed by atoms with van der Waals surface area (Å²) in [5.41, 5.74) is 1.47. The summed E-state index contributed by atoms with van der Waals surface area (Å²) in [5, 5.41) is 6.61. The van der Waals surface area contributed by atoms with Crippen LogP contribution in [0.5, 0.6) is 0 Å². The molecule has 0 atom stereocenters. The summed E-state index contributed by atoms with van der Waals surface area (Å²) >= 11 is 0. The molecular formula is C15H12N2O2. The Bertz CT molecular complexity index is 534. The third kappa shape index (κ3) is 3.89. The molecule has 0 spiro atoms. The summed E-state index contributed by atoms with van der Waals surface area (Å²) in [5.74, 6) is 0.0752. The summed E-state index contributed by atoms with van der Waals surface area (Å²) in [6.07, 6.45) is 2.53. The van der Waals surface area contributed by atoms with Gasteiger partial charge in [-0.25, -0.2) is 0 Å². The summed E-state index contributed by atoms with van der Waals surface area (Å²) < 4.78 is 4.36. The van der Waals surface area contributed by atoms with Crippen LogP contribution < -0.4 is 0 Å². The van der Waals surface area contributed by atoms with Crippen molar-refractivity contribution < 1.29 is 9.21 Å². The van der Waals surface area contributed by atoms with E-state index in [-0.39, 0.29) is 5.78 Å². The summed E-state index contributed by atoms with van der Waals surface area (Å²) in [7, 11) is 0. The predicted molar refractivity (Wildman–Crippen MR) is 70.6 cm³/mol. The summed E-state index contributed by atoms with van der Waals surface area (Å²) in [6, 6.07) is 18.6. The molecule has 4 nitrogen and oxygen atoms in total. The van der Waals surface area contributed by atoms with Gasteiger partial charge < -0.3 is 4.42 Å². The molecule has 0 aliphatic carbocycles. The van der Waals surface area contributed by atoms with Crippen LogP contribution >= 0.6 is 0 Å². The lowest BCUT2D eigenvalue weighted by Crippen LogP contribution is -1.99. The molecule has 4 heteroatoms. The molecule has 19 heavy (non-hydrogen) atoms. The van der Waals surface area contributed by atoms with Gasteiger partial charge in [0, 0.05) is 11.1 Å². The second-order valence-electron chi connectivity index (χ2n) is 3.64. The van der Waals surface area contributed by atoms with Crippen molar-refractivity contribution in [3.63, 3.8) is 0 Å². The van der Waals surface area contributed by atoms with Crippen LogP contribution in [0, 0.1) is 0 Å². The molecule has 0 saturated heterocycles. The van der Waals surface area contributed by atoms with Gasteiger partial charge in [0.05, 0.1) is 0 Å². The van der Waals surface area contributed by atoms with Crippen molar-refractivity contribution in [2.45, 2.75) is 0 Å². The monoisotopic (exact) mass is 252 g/mol. The lowest BCUT2D eigenvalue weighted by atomic mass is 10.0. The van der Waals surface area contributed by atoms with E-state index in [0.29, 0.717) is 0 Å². The fraction of sp³-hybridized carbons (Fsp3) is 0. The average molecular weight is 252 g/mol. The maximum atomic E-state index is 11.8. The first-order valence-electron chi connectivity index (χ1n) is 5.71. The summed E-state index contributed by atoms with van der Waals surface area (Å²) in [4.78, 5) is 11.8. The van der Waals surface area contributed by atoms with Crippen LogP contribution in [0.2, 0.25) is 0 Å². The van der Waals surface area contributed by atoms with Gasteiger partial charge in [0.15, 0.2) is 5.78 Å². The Kier molecular flexibility index (Phi) is 4.58. The lowest BCUT2D eigenvalue weighted by molar-refractivity contribution is 0.103. The molecule has 0 aliphatic heterocycles. The van der Waals surface area contributed by atoms with Crippen LogP contribution in [-0.2, 0) is 0 Å². The van der Waals surface area contributed by atoms with Gasteiger partial charge in [-0.15, -0.1) is 10.2 Å². The molecule has 0 amide bonds. The molecule has 0 unspecified atom stereocenters. The molecule has 94 valence electrons. The number of carbonyl (C=O) groups is 1. The first kappa shape index (κ1) is 12.7. The summed E-state index contributed by atoms with van der Waals surface area (Å²) in [6.45, 7) is 0. The van der Waals surface area contributed by atoms with E-state index >= 15 is 0 Å². The van der Waals surface area contributed by atoms with Crippen LogP contribution in [0.25, 0.3) is 0 Å². The fourth-order valence-corrected chi connectivity index (χ4v) is 1.48. The number of hydrogen-bond acceptors (Lipinski definition) is 4. The number of benzene rings is 2. The molecule has 3 rings (SSSR count). The van der Waals surface area contributed by atoms with Gasteiger partial charge in [0.2, 0.25) is 12.8 Å². The maximum absolute atomic E-state index is 11.8. The molecule has 1 heterocycles. The standard InChI is InChI=1S/C13H10O.C2H2N2O/c14-13(11-7-3-1-4-8-11)12-9-5-2-6-10-12;1-3-4-2-5-1/h1-10H;1-2H. The Balaban J connectivity index is 0.000000224. The number of carbonyl (C=O) groups excluding carboxylic acids is 1. The van der Waals surface area contributed by atoms with E-state index < -0.39 is 0 Å². The van der Waals surface area contributed by atoms with Crippen LogP contribution in [0.4, 0.5) is 0 Å². The SMILES string of the molecule is O=C(c1ccccc1)c1ccccc1.c1nnco1. The molecule has 0 fully saturated rings. The number of aromatic nitrogens is 2. The second-order valence-corrected chi connectivity index (χ2v) is 3.64. The van der Waals surface area contributed by atoms with E-state index in [9.17, 15) is 4.79 Å². The minimum absolute atomic E-state index is 0.0752. The van der Waals surface area contributed by atoms with Gasteiger partial charge in [-0.05, 0) is 0 Å². The van der Waals surface area contributed by atoms with Crippen molar-refractivity contribution in [2.75, 3.05) is 0 Å². The van der Waals surface area contributed by atoms with Gasteiger partial charge in [0.25, 0.3) is 0 Å². The van der Waals surface area contributed by atoms with E-state index in [1.807, 2.05) is 60.7 Å². The van der Waals surface area contributed by atoms with Gasteiger partial charge in [0.1, 0.15) is 0 Å². The smallest absolute Gasteiger partial charge is 0.203 e.